The number of nitrogens with one attached hydrogen (secondary N) is 2. The Hall–Kier alpha value is -1.80. The second-order valence-corrected chi connectivity index (χ2v) is 4.60. The van der Waals surface area contributed by atoms with E-state index in [1.165, 1.54) is 6.07 Å². The summed E-state index contributed by atoms with van der Waals surface area (Å²) in [6.07, 6.45) is -5.01. The number of halogens is 3. The average Bonchev–Trinajstić information content (AvgIpc) is 2.36. The Morgan fingerprint density at radius 2 is 2.05 bits per heavy atom. The van der Waals surface area contributed by atoms with Crippen LogP contribution in [-0.4, -0.2) is 36.8 Å². The largest absolute Gasteiger partial charge is 0.416 e. The van der Waals surface area contributed by atoms with Crippen LogP contribution in [0, 0.1) is 0 Å². The van der Waals surface area contributed by atoms with Crippen molar-refractivity contribution in [3.05, 3.63) is 29.3 Å². The van der Waals surface area contributed by atoms with Crippen LogP contribution in [0.2, 0.25) is 0 Å². The summed E-state index contributed by atoms with van der Waals surface area (Å²) in [7, 11) is 0. The number of nitrogens with two attached hydrogens (primary N) is 1. The van der Waals surface area contributed by atoms with E-state index in [2.05, 4.69) is 10.6 Å². The quantitative estimate of drug-likeness (QED) is 0.570. The first kappa shape index (κ1) is 17.3. The van der Waals surface area contributed by atoms with Crippen molar-refractivity contribution in [1.82, 2.24) is 5.32 Å². The van der Waals surface area contributed by atoms with Crippen molar-refractivity contribution in [3.8, 4) is 0 Å². The number of hydrogen-bond donors (Lipinski definition) is 4. The Morgan fingerprint density at radius 3 is 2.57 bits per heavy atom. The molecule has 8 heteroatoms. The van der Waals surface area contributed by atoms with Gasteiger partial charge in [0.15, 0.2) is 0 Å². The molecule has 0 aliphatic rings. The van der Waals surface area contributed by atoms with Crippen LogP contribution in [0.4, 0.5) is 18.9 Å². The molecule has 0 heterocycles. The van der Waals surface area contributed by atoms with Crippen LogP contribution in [-0.2, 0) is 6.18 Å². The van der Waals surface area contributed by atoms with Gasteiger partial charge in [-0.2, -0.15) is 13.2 Å². The fourth-order valence-corrected chi connectivity index (χ4v) is 1.68. The molecule has 0 aliphatic carbocycles. The highest BCUT2D eigenvalue weighted by Crippen LogP contribution is 2.31. The first-order chi connectivity index (χ1) is 9.71. The van der Waals surface area contributed by atoms with Crippen LogP contribution >= 0.6 is 0 Å². The topological polar surface area (TPSA) is 87.4 Å². The molecule has 1 unspecified atom stereocenters. The van der Waals surface area contributed by atoms with Crippen molar-refractivity contribution in [3.63, 3.8) is 0 Å². The Bertz CT molecular complexity index is 490. The maximum atomic E-state index is 12.6. The fraction of sp³-hybridized carbons (Fsp3) is 0.462. The third-order valence-corrected chi connectivity index (χ3v) is 2.67. The Morgan fingerprint density at radius 1 is 1.38 bits per heavy atom. The predicted octanol–water partition coefficient (Wildman–Crippen LogP) is 1.19. The second kappa shape index (κ2) is 7.28. The van der Waals surface area contributed by atoms with Gasteiger partial charge in [0.25, 0.3) is 5.91 Å². The molecule has 1 amide bonds. The van der Waals surface area contributed by atoms with Crippen LogP contribution in [0.25, 0.3) is 0 Å². The lowest BCUT2D eigenvalue weighted by Crippen LogP contribution is -2.29. The summed E-state index contributed by atoms with van der Waals surface area (Å²) in [5, 5.41) is 14.8. The van der Waals surface area contributed by atoms with E-state index in [-0.39, 0.29) is 11.3 Å². The lowest BCUT2D eigenvalue weighted by Gasteiger charge is -2.14. The number of carbonyl (C=O) groups is 1. The Kier molecular flexibility index (Phi) is 5.98. The Labute approximate surface area is 120 Å². The first-order valence-electron chi connectivity index (χ1n) is 6.35. The van der Waals surface area contributed by atoms with E-state index < -0.39 is 23.8 Å². The highest BCUT2D eigenvalue weighted by Gasteiger charge is 2.31. The van der Waals surface area contributed by atoms with Gasteiger partial charge in [-0.05, 0) is 25.1 Å². The molecule has 0 radical (unpaired) electrons. The first-order valence-corrected chi connectivity index (χ1v) is 6.35. The summed E-state index contributed by atoms with van der Waals surface area (Å²) < 4.78 is 37.8. The van der Waals surface area contributed by atoms with Crippen molar-refractivity contribution >= 4 is 11.6 Å². The SMILES string of the molecule is CC(O)CNCCNc1ccc(C(F)(F)F)cc1C(N)=O. The number of benzene rings is 1. The van der Waals surface area contributed by atoms with E-state index in [0.717, 1.165) is 12.1 Å². The molecule has 1 aromatic carbocycles. The van der Waals surface area contributed by atoms with E-state index in [4.69, 9.17) is 10.8 Å². The summed E-state index contributed by atoms with van der Waals surface area (Å²) in [4.78, 5) is 11.2. The lowest BCUT2D eigenvalue weighted by molar-refractivity contribution is -0.137. The van der Waals surface area contributed by atoms with E-state index in [0.29, 0.717) is 19.6 Å². The number of carbonyl (C=O) groups excluding carboxylic acids is 1. The number of aliphatic hydroxyl groups is 1. The zero-order valence-corrected chi connectivity index (χ0v) is 11.5. The normalized spacial score (nSPS) is 13.0. The number of primary amides is 1. The van der Waals surface area contributed by atoms with E-state index in [1.807, 2.05) is 0 Å². The molecule has 1 aromatic rings. The van der Waals surface area contributed by atoms with Crippen LogP contribution < -0.4 is 16.4 Å². The van der Waals surface area contributed by atoms with Gasteiger partial charge in [-0.1, -0.05) is 0 Å². The van der Waals surface area contributed by atoms with E-state index >= 15 is 0 Å². The van der Waals surface area contributed by atoms with Crippen molar-refractivity contribution in [2.45, 2.75) is 19.2 Å². The molecule has 0 fully saturated rings. The van der Waals surface area contributed by atoms with Crippen molar-refractivity contribution < 1.29 is 23.1 Å². The smallest absolute Gasteiger partial charge is 0.392 e. The van der Waals surface area contributed by atoms with Crippen molar-refractivity contribution in [2.24, 2.45) is 5.73 Å². The summed E-state index contributed by atoms with van der Waals surface area (Å²) in [6.45, 7) is 2.88. The van der Waals surface area contributed by atoms with Crippen LogP contribution in [0.15, 0.2) is 18.2 Å². The molecular weight excluding hydrogens is 287 g/mol. The molecule has 118 valence electrons. The number of alkyl halides is 3. The van der Waals surface area contributed by atoms with Gasteiger partial charge in [0.2, 0.25) is 0 Å². The zero-order chi connectivity index (χ0) is 16.0. The molecule has 1 rings (SSSR count). The minimum Gasteiger partial charge on any atom is -0.392 e. The highest BCUT2D eigenvalue weighted by molar-refractivity contribution is 5.98. The van der Waals surface area contributed by atoms with Gasteiger partial charge in [-0.15, -0.1) is 0 Å². The number of rotatable bonds is 7. The molecule has 0 bridgehead atoms. The molecule has 0 saturated heterocycles. The molecule has 0 saturated carbocycles. The van der Waals surface area contributed by atoms with Gasteiger partial charge < -0.3 is 21.5 Å². The molecule has 1 atom stereocenters. The molecule has 5 nitrogen and oxygen atoms in total. The van der Waals surface area contributed by atoms with Crippen molar-refractivity contribution in [2.75, 3.05) is 25.0 Å². The van der Waals surface area contributed by atoms with E-state index in [1.54, 1.807) is 6.92 Å². The molecular formula is C13H18F3N3O2. The molecule has 5 N–H and O–H groups in total. The zero-order valence-electron chi connectivity index (χ0n) is 11.5. The molecule has 0 aromatic heterocycles. The maximum Gasteiger partial charge on any atom is 0.416 e. The number of hydrogen-bond acceptors (Lipinski definition) is 4. The molecule has 0 aliphatic heterocycles. The van der Waals surface area contributed by atoms with Crippen molar-refractivity contribution in [1.29, 1.82) is 0 Å². The van der Waals surface area contributed by atoms with Crippen LogP contribution in [0.5, 0.6) is 0 Å². The van der Waals surface area contributed by atoms with Gasteiger partial charge in [-0.25, -0.2) is 0 Å². The fourth-order valence-electron chi connectivity index (χ4n) is 1.68. The third-order valence-electron chi connectivity index (χ3n) is 2.67. The Balaban J connectivity index is 2.72. The van der Waals surface area contributed by atoms with Gasteiger partial charge >= 0.3 is 6.18 Å². The lowest BCUT2D eigenvalue weighted by atomic mass is 10.1. The number of anilines is 1. The number of amides is 1. The second-order valence-electron chi connectivity index (χ2n) is 4.60. The van der Waals surface area contributed by atoms with Crippen LogP contribution in [0.3, 0.4) is 0 Å². The minimum atomic E-state index is -4.53. The summed E-state index contributed by atoms with van der Waals surface area (Å²) in [5.74, 6) is -0.930. The highest BCUT2D eigenvalue weighted by atomic mass is 19.4. The monoisotopic (exact) mass is 305 g/mol. The summed E-state index contributed by atoms with van der Waals surface area (Å²) in [5.41, 5.74) is 4.22. The molecule has 21 heavy (non-hydrogen) atoms. The average molecular weight is 305 g/mol. The van der Waals surface area contributed by atoms with E-state index in [9.17, 15) is 18.0 Å². The standard InChI is InChI=1S/C13H18F3N3O2/c1-8(20)7-18-4-5-19-11-3-2-9(13(14,15)16)6-10(11)12(17)21/h2-3,6,8,18-20H,4-5,7H2,1H3,(H2,17,21). The molecule has 0 spiro atoms. The summed E-state index contributed by atoms with van der Waals surface area (Å²) >= 11 is 0. The van der Waals surface area contributed by atoms with Gasteiger partial charge in [0, 0.05) is 25.3 Å². The summed E-state index contributed by atoms with van der Waals surface area (Å²) in [6, 6.07) is 2.80. The number of aliphatic hydroxyl groups excluding tert-OH is 1. The predicted molar refractivity (Wildman–Crippen MR) is 73.0 cm³/mol. The minimum absolute atomic E-state index is 0.208. The third kappa shape index (κ3) is 5.60. The van der Waals surface area contributed by atoms with Crippen LogP contribution in [0.1, 0.15) is 22.8 Å². The van der Waals surface area contributed by atoms with Gasteiger partial charge in [0.1, 0.15) is 0 Å². The van der Waals surface area contributed by atoms with Gasteiger partial charge in [0.05, 0.1) is 17.2 Å². The maximum absolute atomic E-state index is 12.6. The van der Waals surface area contributed by atoms with Gasteiger partial charge in [-0.3, -0.25) is 4.79 Å².